The third-order valence-corrected chi connectivity index (χ3v) is 5.47. The first-order chi connectivity index (χ1) is 13.9. The van der Waals surface area contributed by atoms with Gasteiger partial charge >= 0.3 is 5.97 Å². The topological polar surface area (TPSA) is 63.7 Å². The molecular formula is C23H21NO4S. The van der Waals surface area contributed by atoms with E-state index < -0.39 is 5.97 Å². The molecule has 0 fully saturated rings. The Bertz CT molecular complexity index is 1050. The third-order valence-electron chi connectivity index (χ3n) is 4.73. The summed E-state index contributed by atoms with van der Waals surface area (Å²) in [7, 11) is 1.29. The minimum absolute atomic E-state index is 0.0991. The van der Waals surface area contributed by atoms with Crippen molar-refractivity contribution in [3.8, 4) is 0 Å². The van der Waals surface area contributed by atoms with Crippen LogP contribution in [0.5, 0.6) is 0 Å². The molecule has 0 aliphatic carbocycles. The van der Waals surface area contributed by atoms with E-state index in [0.29, 0.717) is 16.9 Å². The largest absolute Gasteiger partial charge is 0.465 e. The van der Waals surface area contributed by atoms with E-state index in [2.05, 4.69) is 0 Å². The molecular weight excluding hydrogens is 386 g/mol. The van der Waals surface area contributed by atoms with E-state index in [1.165, 1.54) is 18.9 Å². The summed E-state index contributed by atoms with van der Waals surface area (Å²) in [6.45, 7) is 3.17. The van der Waals surface area contributed by atoms with Gasteiger partial charge in [0.05, 0.1) is 18.3 Å². The SMILES string of the molecule is COC(=O)C1=C(C)N(c2cccc(C(C)=O)c2)C(=O)/C1=C\c1ccc(SC)cc1. The number of ketones is 1. The van der Waals surface area contributed by atoms with Gasteiger partial charge in [-0.3, -0.25) is 14.5 Å². The van der Waals surface area contributed by atoms with Gasteiger partial charge < -0.3 is 4.74 Å². The quantitative estimate of drug-likeness (QED) is 0.316. The second-order valence-electron chi connectivity index (χ2n) is 6.53. The van der Waals surface area contributed by atoms with Gasteiger partial charge in [-0.1, -0.05) is 24.3 Å². The van der Waals surface area contributed by atoms with Crippen molar-refractivity contribution in [3.63, 3.8) is 0 Å². The maximum absolute atomic E-state index is 13.3. The van der Waals surface area contributed by atoms with Crippen molar-refractivity contribution in [2.75, 3.05) is 18.3 Å². The number of anilines is 1. The second-order valence-corrected chi connectivity index (χ2v) is 7.41. The first kappa shape index (κ1) is 20.6. The zero-order chi connectivity index (χ0) is 21.1. The van der Waals surface area contributed by atoms with Crippen LogP contribution in [0, 0.1) is 0 Å². The van der Waals surface area contributed by atoms with Crippen molar-refractivity contribution < 1.29 is 19.1 Å². The van der Waals surface area contributed by atoms with Crippen LogP contribution in [0.15, 0.2) is 70.3 Å². The van der Waals surface area contributed by atoms with Crippen LogP contribution in [0.4, 0.5) is 5.69 Å². The zero-order valence-electron chi connectivity index (χ0n) is 16.7. The number of hydrogen-bond donors (Lipinski definition) is 0. The number of carbonyl (C=O) groups excluding carboxylic acids is 3. The molecule has 1 aliphatic rings. The van der Waals surface area contributed by atoms with E-state index in [1.807, 2.05) is 30.5 Å². The number of carbonyl (C=O) groups is 3. The van der Waals surface area contributed by atoms with Crippen molar-refractivity contribution in [2.24, 2.45) is 0 Å². The van der Waals surface area contributed by atoms with Gasteiger partial charge in [-0.2, -0.15) is 0 Å². The lowest BCUT2D eigenvalue weighted by molar-refractivity contribution is -0.136. The van der Waals surface area contributed by atoms with Gasteiger partial charge in [-0.15, -0.1) is 11.8 Å². The van der Waals surface area contributed by atoms with Crippen molar-refractivity contribution in [3.05, 3.63) is 76.5 Å². The molecule has 29 heavy (non-hydrogen) atoms. The van der Waals surface area contributed by atoms with Gasteiger partial charge in [0, 0.05) is 21.8 Å². The Kier molecular flexibility index (Phi) is 6.03. The van der Waals surface area contributed by atoms with Crippen LogP contribution < -0.4 is 4.90 Å². The van der Waals surface area contributed by atoms with Crippen LogP contribution in [0.2, 0.25) is 0 Å². The summed E-state index contributed by atoms with van der Waals surface area (Å²) < 4.78 is 4.93. The van der Waals surface area contributed by atoms with Crippen molar-refractivity contribution in [2.45, 2.75) is 18.7 Å². The molecule has 3 rings (SSSR count). The monoisotopic (exact) mass is 407 g/mol. The molecule has 2 aromatic rings. The van der Waals surface area contributed by atoms with Gasteiger partial charge in [0.15, 0.2) is 5.78 Å². The molecule has 0 spiro atoms. The van der Waals surface area contributed by atoms with E-state index in [4.69, 9.17) is 4.74 Å². The molecule has 2 aromatic carbocycles. The van der Waals surface area contributed by atoms with Crippen LogP contribution in [0.3, 0.4) is 0 Å². The Hall–Kier alpha value is -3.12. The summed E-state index contributed by atoms with van der Waals surface area (Å²) in [5.41, 5.74) is 2.78. The predicted molar refractivity (Wildman–Crippen MR) is 115 cm³/mol. The number of allylic oxidation sites excluding steroid dienone is 1. The number of nitrogens with zero attached hydrogens (tertiary/aromatic N) is 1. The van der Waals surface area contributed by atoms with Crippen LogP contribution in [0.1, 0.15) is 29.8 Å². The second kappa shape index (κ2) is 8.49. The van der Waals surface area contributed by atoms with Crippen molar-refractivity contribution in [1.82, 2.24) is 0 Å². The van der Waals surface area contributed by atoms with Crippen molar-refractivity contribution in [1.29, 1.82) is 0 Å². The van der Waals surface area contributed by atoms with Gasteiger partial charge in [-0.05, 0) is 56.0 Å². The summed E-state index contributed by atoms with van der Waals surface area (Å²) in [4.78, 5) is 40.0. The van der Waals surface area contributed by atoms with E-state index in [1.54, 1.807) is 49.0 Å². The molecule has 0 N–H and O–H groups in total. The van der Waals surface area contributed by atoms with Crippen LogP contribution >= 0.6 is 11.8 Å². The number of benzene rings is 2. The molecule has 1 heterocycles. The molecule has 1 aliphatic heterocycles. The summed E-state index contributed by atoms with van der Waals surface area (Å²) in [6, 6.07) is 14.5. The number of Topliss-reactive ketones (excluding diaryl/α,β-unsaturated/α-hetero) is 1. The van der Waals surface area contributed by atoms with E-state index in [-0.39, 0.29) is 22.8 Å². The molecule has 0 unspecified atom stereocenters. The Morgan fingerprint density at radius 3 is 2.38 bits per heavy atom. The average Bonchev–Trinajstić information content (AvgIpc) is 2.97. The molecule has 0 atom stereocenters. The lowest BCUT2D eigenvalue weighted by atomic mass is 10.0. The average molecular weight is 407 g/mol. The maximum atomic E-state index is 13.3. The molecule has 0 aromatic heterocycles. The van der Waals surface area contributed by atoms with Crippen molar-refractivity contribution >= 4 is 41.2 Å². The smallest absolute Gasteiger partial charge is 0.340 e. The van der Waals surface area contributed by atoms with E-state index in [9.17, 15) is 14.4 Å². The highest BCUT2D eigenvalue weighted by molar-refractivity contribution is 7.98. The summed E-state index contributed by atoms with van der Waals surface area (Å²) in [5, 5.41) is 0. The van der Waals surface area contributed by atoms with Crippen LogP contribution in [-0.4, -0.2) is 31.0 Å². The minimum Gasteiger partial charge on any atom is -0.465 e. The third kappa shape index (κ3) is 4.03. The molecule has 148 valence electrons. The fourth-order valence-electron chi connectivity index (χ4n) is 3.22. The molecule has 0 saturated carbocycles. The molecule has 6 heteroatoms. The Morgan fingerprint density at radius 2 is 1.79 bits per heavy atom. The molecule has 0 radical (unpaired) electrons. The number of thioether (sulfide) groups is 1. The molecule has 0 bridgehead atoms. The maximum Gasteiger partial charge on any atom is 0.340 e. The highest BCUT2D eigenvalue weighted by Gasteiger charge is 2.38. The number of amides is 1. The first-order valence-electron chi connectivity index (χ1n) is 8.98. The number of ether oxygens (including phenoxy) is 1. The predicted octanol–water partition coefficient (Wildman–Crippen LogP) is 4.49. The first-order valence-corrected chi connectivity index (χ1v) is 10.2. The Labute approximate surface area is 174 Å². The van der Waals surface area contributed by atoms with E-state index in [0.717, 1.165) is 10.5 Å². The Balaban J connectivity index is 2.11. The summed E-state index contributed by atoms with van der Waals surface area (Å²) >= 11 is 1.62. The summed E-state index contributed by atoms with van der Waals surface area (Å²) in [5.74, 6) is -1.01. The zero-order valence-corrected chi connectivity index (χ0v) is 17.5. The van der Waals surface area contributed by atoms with Crippen LogP contribution in [-0.2, 0) is 14.3 Å². The van der Waals surface area contributed by atoms with Gasteiger partial charge in [-0.25, -0.2) is 4.79 Å². The lowest BCUT2D eigenvalue weighted by Crippen LogP contribution is -2.24. The fourth-order valence-corrected chi connectivity index (χ4v) is 3.63. The molecule has 0 saturated heterocycles. The summed E-state index contributed by atoms with van der Waals surface area (Å²) in [6.07, 6.45) is 3.68. The van der Waals surface area contributed by atoms with Gasteiger partial charge in [0.2, 0.25) is 0 Å². The molecule has 1 amide bonds. The fraction of sp³-hybridized carbons (Fsp3) is 0.174. The molecule has 5 nitrogen and oxygen atoms in total. The number of rotatable bonds is 5. The van der Waals surface area contributed by atoms with Gasteiger partial charge in [0.25, 0.3) is 5.91 Å². The Morgan fingerprint density at radius 1 is 1.10 bits per heavy atom. The van der Waals surface area contributed by atoms with Crippen LogP contribution in [0.25, 0.3) is 6.08 Å². The number of hydrogen-bond acceptors (Lipinski definition) is 5. The van der Waals surface area contributed by atoms with Gasteiger partial charge in [0.1, 0.15) is 0 Å². The highest BCUT2D eigenvalue weighted by Crippen LogP contribution is 2.35. The normalized spacial score (nSPS) is 15.2. The minimum atomic E-state index is -0.576. The lowest BCUT2D eigenvalue weighted by Gasteiger charge is -2.18. The standard InChI is InChI=1S/C23H21NO4S/c1-14-21(23(27)28-3)20(12-16-8-10-19(29-4)11-9-16)22(26)24(14)18-7-5-6-17(13-18)15(2)25/h5-13H,1-4H3/b20-12-. The highest BCUT2D eigenvalue weighted by atomic mass is 32.2. The number of esters is 1. The van der Waals surface area contributed by atoms with E-state index >= 15 is 0 Å². The number of methoxy groups -OCH3 is 1.